The van der Waals surface area contributed by atoms with Gasteiger partial charge in [0, 0.05) is 12.1 Å². The summed E-state index contributed by atoms with van der Waals surface area (Å²) in [5.74, 6) is -1.87. The predicted octanol–water partition coefficient (Wildman–Crippen LogP) is 0.761. The monoisotopic (exact) mass is 526 g/mol. The number of anilines is 1. The van der Waals surface area contributed by atoms with Gasteiger partial charge in [0.2, 0.25) is 0 Å². The molecule has 33 heavy (non-hydrogen) atoms. The molecule has 0 aliphatic rings. The van der Waals surface area contributed by atoms with Crippen molar-refractivity contribution in [1.82, 2.24) is 4.57 Å². The summed E-state index contributed by atoms with van der Waals surface area (Å²) < 4.78 is 97.4. The van der Waals surface area contributed by atoms with Crippen LogP contribution in [0.1, 0.15) is 18.1 Å². The molecule has 0 unspecified atom stereocenters. The van der Waals surface area contributed by atoms with Crippen molar-refractivity contribution in [3.8, 4) is 5.88 Å². The first-order valence-electron chi connectivity index (χ1n) is 8.59. The van der Waals surface area contributed by atoms with Gasteiger partial charge < -0.3 is 10.8 Å². The summed E-state index contributed by atoms with van der Waals surface area (Å²) >= 11 is 0. The van der Waals surface area contributed by atoms with Crippen molar-refractivity contribution in [3.05, 3.63) is 33.6 Å². The van der Waals surface area contributed by atoms with E-state index in [9.17, 15) is 44.3 Å². The van der Waals surface area contributed by atoms with Crippen molar-refractivity contribution in [3.63, 3.8) is 0 Å². The van der Waals surface area contributed by atoms with Crippen LogP contribution >= 0.6 is 0 Å². The summed E-state index contributed by atoms with van der Waals surface area (Å²) in [7, 11) is -14.7. The fourth-order valence-corrected chi connectivity index (χ4v) is 4.77. The Balaban J connectivity index is 2.88. The predicted molar refractivity (Wildman–Crippen MR) is 113 cm³/mol. The van der Waals surface area contributed by atoms with Gasteiger partial charge in [0.25, 0.3) is 35.9 Å². The van der Waals surface area contributed by atoms with Crippen molar-refractivity contribution >= 4 is 47.4 Å². The van der Waals surface area contributed by atoms with E-state index in [4.69, 9.17) is 10.3 Å². The van der Waals surface area contributed by atoms with E-state index in [1.807, 2.05) is 0 Å². The average molecular weight is 527 g/mol. The molecular formula is C15H18N4O11S3. The van der Waals surface area contributed by atoms with Crippen LogP contribution in [0.15, 0.2) is 36.9 Å². The maximum atomic E-state index is 12.7. The normalized spacial score (nSPS) is 13.0. The Hall–Kier alpha value is -2.90. The Morgan fingerprint density at radius 3 is 1.97 bits per heavy atom. The maximum absolute atomic E-state index is 12.7. The summed E-state index contributed by atoms with van der Waals surface area (Å²) in [6.07, 6.45) is 0. The number of aromatic hydroxyl groups is 1. The van der Waals surface area contributed by atoms with Crippen LogP contribution in [-0.4, -0.2) is 48.6 Å². The third-order valence-electron chi connectivity index (χ3n) is 4.33. The lowest BCUT2D eigenvalue weighted by Gasteiger charge is -2.14. The van der Waals surface area contributed by atoms with Gasteiger partial charge in [-0.25, -0.2) is 0 Å². The lowest BCUT2D eigenvalue weighted by atomic mass is 10.1. The second-order valence-electron chi connectivity index (χ2n) is 6.56. The smallest absolute Gasteiger partial charge is 0.296 e. The number of azo groups is 1. The number of aromatic nitrogens is 1. The third-order valence-corrected chi connectivity index (χ3v) is 6.77. The van der Waals surface area contributed by atoms with Crippen molar-refractivity contribution in [2.45, 2.75) is 35.9 Å². The van der Waals surface area contributed by atoms with Crippen molar-refractivity contribution in [1.29, 1.82) is 0 Å². The summed E-state index contributed by atoms with van der Waals surface area (Å²) in [4.78, 5) is 10.7. The number of nitrogens with zero attached hydrogens (tertiary/aromatic N) is 3. The zero-order valence-electron chi connectivity index (χ0n) is 16.9. The van der Waals surface area contributed by atoms with Gasteiger partial charge in [-0.2, -0.15) is 25.3 Å². The highest BCUT2D eigenvalue weighted by Gasteiger charge is 2.25. The SMILES string of the molecule is CCn1c(O)c(CS(=O)(=O)O)c(C)c(N=Nc2cc(S(=O)(=O)O)c(N)cc2S(=O)(=O)O)c1=O. The number of hydrogen-bond acceptors (Lipinski definition) is 11. The Morgan fingerprint density at radius 2 is 1.52 bits per heavy atom. The van der Waals surface area contributed by atoms with E-state index in [1.165, 1.54) is 6.92 Å². The number of benzene rings is 1. The summed E-state index contributed by atoms with van der Waals surface area (Å²) in [6.45, 7) is 2.41. The Labute approximate surface area is 187 Å². The van der Waals surface area contributed by atoms with E-state index in [1.54, 1.807) is 0 Å². The number of pyridine rings is 1. The molecule has 1 aromatic heterocycles. The second kappa shape index (κ2) is 8.80. The van der Waals surface area contributed by atoms with Crippen LogP contribution in [0.2, 0.25) is 0 Å². The molecule has 1 heterocycles. The van der Waals surface area contributed by atoms with Crippen LogP contribution in [0.4, 0.5) is 17.1 Å². The quantitative estimate of drug-likeness (QED) is 0.190. The molecule has 0 radical (unpaired) electrons. The van der Waals surface area contributed by atoms with Crippen LogP contribution in [0.5, 0.6) is 5.88 Å². The van der Waals surface area contributed by atoms with Crippen LogP contribution < -0.4 is 11.3 Å². The van der Waals surface area contributed by atoms with E-state index in [2.05, 4.69) is 10.2 Å². The molecule has 182 valence electrons. The molecule has 0 saturated heterocycles. The molecule has 0 fully saturated rings. The van der Waals surface area contributed by atoms with Gasteiger partial charge in [-0.15, -0.1) is 10.2 Å². The molecule has 18 heteroatoms. The summed E-state index contributed by atoms with van der Waals surface area (Å²) in [5.41, 5.74) is 1.59. The van der Waals surface area contributed by atoms with E-state index >= 15 is 0 Å². The van der Waals surface area contributed by atoms with Crippen molar-refractivity contribution in [2.75, 3.05) is 5.73 Å². The molecule has 2 rings (SSSR count). The Kier molecular flexibility index (Phi) is 7.03. The molecule has 0 spiro atoms. The summed E-state index contributed by atoms with van der Waals surface area (Å²) in [5, 5.41) is 17.2. The van der Waals surface area contributed by atoms with E-state index < -0.39 is 80.0 Å². The summed E-state index contributed by atoms with van der Waals surface area (Å²) in [6, 6.07) is 0.967. The molecule has 0 aliphatic heterocycles. The van der Waals surface area contributed by atoms with Crippen LogP contribution in [0, 0.1) is 6.92 Å². The highest BCUT2D eigenvalue weighted by molar-refractivity contribution is 7.86. The number of nitrogens with two attached hydrogens (primary N) is 1. The van der Waals surface area contributed by atoms with Crippen LogP contribution in [0.3, 0.4) is 0 Å². The van der Waals surface area contributed by atoms with Gasteiger partial charge in [0.05, 0.1) is 5.69 Å². The molecule has 1 aromatic carbocycles. The molecule has 15 nitrogen and oxygen atoms in total. The first kappa shape index (κ1) is 26.4. The highest BCUT2D eigenvalue weighted by atomic mass is 32.2. The zero-order valence-corrected chi connectivity index (χ0v) is 19.3. The second-order valence-corrected chi connectivity index (χ2v) is 10.8. The minimum atomic E-state index is -5.04. The fraction of sp³-hybridized carbons (Fsp3) is 0.267. The van der Waals surface area contributed by atoms with Gasteiger partial charge >= 0.3 is 0 Å². The molecule has 2 aromatic rings. The number of nitrogen functional groups attached to an aromatic ring is 1. The standard InChI is InChI=1S/C15H18N4O11S3/c1-3-19-14(20)8(6-31(22,23)24)7(2)13(15(19)21)18-17-10-5-11(32(25,26)27)9(16)4-12(10)33(28,29)30/h4-5,20H,3,6,16H2,1-2H3,(H,22,23,24)(H,25,26,27)(H,28,29,30). The van der Waals surface area contributed by atoms with Crippen molar-refractivity contribution in [2.24, 2.45) is 10.2 Å². The zero-order chi connectivity index (χ0) is 25.5. The van der Waals surface area contributed by atoms with Gasteiger partial charge in [0.15, 0.2) is 11.6 Å². The first-order chi connectivity index (χ1) is 14.9. The minimum Gasteiger partial charge on any atom is -0.494 e. The number of rotatable bonds is 7. The number of hydrogen-bond donors (Lipinski definition) is 5. The van der Waals surface area contributed by atoms with Gasteiger partial charge in [-0.3, -0.25) is 23.0 Å². The molecule has 0 saturated carbocycles. The van der Waals surface area contributed by atoms with Gasteiger partial charge in [-0.1, -0.05) is 0 Å². The van der Waals surface area contributed by atoms with E-state index in [-0.39, 0.29) is 12.1 Å². The third kappa shape index (κ3) is 5.72. The van der Waals surface area contributed by atoms with Gasteiger partial charge in [0.1, 0.15) is 21.2 Å². The lowest BCUT2D eigenvalue weighted by molar-refractivity contribution is 0.403. The largest absolute Gasteiger partial charge is 0.494 e. The first-order valence-corrected chi connectivity index (χ1v) is 13.1. The van der Waals surface area contributed by atoms with Crippen LogP contribution in [0.25, 0.3) is 0 Å². The molecule has 0 atom stereocenters. The van der Waals surface area contributed by atoms with Crippen molar-refractivity contribution < 1.29 is 44.0 Å². The fourth-order valence-electron chi connectivity index (χ4n) is 2.80. The Bertz CT molecular complexity index is 1540. The van der Waals surface area contributed by atoms with Crippen LogP contribution in [-0.2, 0) is 42.7 Å². The highest BCUT2D eigenvalue weighted by Crippen LogP contribution is 2.34. The van der Waals surface area contributed by atoms with Gasteiger partial charge in [-0.05, 0) is 31.5 Å². The average Bonchev–Trinajstić information content (AvgIpc) is 2.63. The van der Waals surface area contributed by atoms with E-state index in [0.29, 0.717) is 16.7 Å². The maximum Gasteiger partial charge on any atom is 0.296 e. The molecule has 0 aliphatic carbocycles. The molecule has 0 bridgehead atoms. The lowest BCUT2D eigenvalue weighted by Crippen LogP contribution is -2.22. The minimum absolute atomic E-state index is 0.170. The molecular weight excluding hydrogens is 508 g/mol. The molecule has 0 amide bonds. The van der Waals surface area contributed by atoms with E-state index in [0.717, 1.165) is 6.92 Å². The topological polar surface area (TPSA) is 256 Å². The Morgan fingerprint density at radius 1 is 0.970 bits per heavy atom. The molecule has 6 N–H and O–H groups in total.